The number of carbonyl (C=O) groups is 1. The number of amides is 1. The average Bonchev–Trinajstić information content (AvgIpc) is 2.25. The molecule has 0 aromatic heterocycles. The highest BCUT2D eigenvalue weighted by atomic mass is 35.5. The maximum atomic E-state index is 11.8. The van der Waals surface area contributed by atoms with Gasteiger partial charge in [0.2, 0.25) is 5.91 Å². The average molecular weight is 269 g/mol. The monoisotopic (exact) mass is 268 g/mol. The largest absolute Gasteiger partial charge is 0.355 e. The summed E-state index contributed by atoms with van der Waals surface area (Å²) in [5, 5.41) is 6.15. The van der Waals surface area contributed by atoms with E-state index in [0.717, 1.165) is 13.1 Å². The van der Waals surface area contributed by atoms with Gasteiger partial charge in [-0.3, -0.25) is 4.79 Å². The predicted molar refractivity (Wildman–Crippen MR) is 76.1 cm³/mol. The Balaban J connectivity index is 0.00000162. The van der Waals surface area contributed by atoms with Gasteiger partial charge in [-0.15, -0.1) is 12.4 Å². The molecule has 18 heavy (non-hydrogen) atoms. The molecule has 1 fully saturated rings. The second kappa shape index (κ2) is 6.21. The molecule has 2 N–H and O–H groups in total. The van der Waals surface area contributed by atoms with Crippen LogP contribution in [0, 0.1) is 5.92 Å². The van der Waals surface area contributed by atoms with Crippen molar-refractivity contribution in [3.63, 3.8) is 0 Å². The highest BCUT2D eigenvalue weighted by Crippen LogP contribution is 2.21. The molecule has 1 aromatic carbocycles. The van der Waals surface area contributed by atoms with Crippen molar-refractivity contribution in [1.82, 2.24) is 10.6 Å². The van der Waals surface area contributed by atoms with Crippen LogP contribution in [0.5, 0.6) is 0 Å². The molecule has 1 aromatic rings. The van der Waals surface area contributed by atoms with E-state index in [1.54, 1.807) is 0 Å². The molecule has 0 aliphatic carbocycles. The SMILES string of the molecule is CC(C)(CNC(=O)C1CNC1)c1ccccc1.Cl. The fourth-order valence-corrected chi connectivity index (χ4v) is 1.92. The lowest BCUT2D eigenvalue weighted by Crippen LogP contribution is -2.52. The number of rotatable bonds is 4. The van der Waals surface area contributed by atoms with Crippen LogP contribution < -0.4 is 10.6 Å². The molecule has 3 nitrogen and oxygen atoms in total. The number of hydrogen-bond donors (Lipinski definition) is 2. The molecule has 1 saturated heterocycles. The molecule has 1 heterocycles. The maximum absolute atomic E-state index is 11.8. The molecule has 2 rings (SSSR count). The van der Waals surface area contributed by atoms with Crippen molar-refractivity contribution in [2.24, 2.45) is 5.92 Å². The zero-order valence-electron chi connectivity index (χ0n) is 10.9. The third kappa shape index (κ3) is 3.47. The van der Waals surface area contributed by atoms with Gasteiger partial charge in [-0.2, -0.15) is 0 Å². The van der Waals surface area contributed by atoms with Crippen molar-refractivity contribution in [2.75, 3.05) is 19.6 Å². The molecule has 0 atom stereocenters. The lowest BCUT2D eigenvalue weighted by molar-refractivity contribution is -0.126. The fourth-order valence-electron chi connectivity index (χ4n) is 1.92. The Morgan fingerprint density at radius 1 is 1.33 bits per heavy atom. The summed E-state index contributed by atoms with van der Waals surface area (Å²) in [5.41, 5.74) is 1.24. The molecule has 4 heteroatoms. The summed E-state index contributed by atoms with van der Waals surface area (Å²) in [7, 11) is 0. The number of nitrogens with one attached hydrogen (secondary N) is 2. The number of hydrogen-bond acceptors (Lipinski definition) is 2. The van der Waals surface area contributed by atoms with Crippen LogP contribution in [-0.2, 0) is 10.2 Å². The van der Waals surface area contributed by atoms with Crippen LogP contribution in [0.1, 0.15) is 19.4 Å². The molecule has 0 saturated carbocycles. The highest BCUT2D eigenvalue weighted by Gasteiger charge is 2.27. The van der Waals surface area contributed by atoms with Crippen LogP contribution in [0.4, 0.5) is 0 Å². The lowest BCUT2D eigenvalue weighted by Gasteiger charge is -2.30. The molecular formula is C14H21ClN2O. The zero-order chi connectivity index (χ0) is 12.3. The van der Waals surface area contributed by atoms with E-state index in [9.17, 15) is 4.79 Å². The highest BCUT2D eigenvalue weighted by molar-refractivity contribution is 5.85. The van der Waals surface area contributed by atoms with Crippen LogP contribution in [0.15, 0.2) is 30.3 Å². The molecular weight excluding hydrogens is 248 g/mol. The van der Waals surface area contributed by atoms with E-state index in [2.05, 4.69) is 36.6 Å². The minimum absolute atomic E-state index is 0. The van der Waals surface area contributed by atoms with Gasteiger partial charge in [0.15, 0.2) is 0 Å². The summed E-state index contributed by atoms with van der Waals surface area (Å²) < 4.78 is 0. The Hall–Kier alpha value is -1.06. The van der Waals surface area contributed by atoms with Crippen molar-refractivity contribution in [1.29, 1.82) is 0 Å². The Kier molecular flexibility index (Phi) is 5.17. The third-order valence-electron chi connectivity index (χ3n) is 3.41. The van der Waals surface area contributed by atoms with Crippen molar-refractivity contribution < 1.29 is 4.79 Å². The molecule has 1 aliphatic heterocycles. The molecule has 0 radical (unpaired) electrons. The van der Waals surface area contributed by atoms with E-state index in [0.29, 0.717) is 6.54 Å². The van der Waals surface area contributed by atoms with Crippen LogP contribution >= 0.6 is 12.4 Å². The van der Waals surface area contributed by atoms with E-state index >= 15 is 0 Å². The van der Waals surface area contributed by atoms with Crippen LogP contribution in [0.3, 0.4) is 0 Å². The van der Waals surface area contributed by atoms with E-state index < -0.39 is 0 Å². The van der Waals surface area contributed by atoms with Crippen molar-refractivity contribution in [2.45, 2.75) is 19.3 Å². The summed E-state index contributed by atoms with van der Waals surface area (Å²) in [4.78, 5) is 11.8. The first kappa shape index (κ1) is 15.0. The summed E-state index contributed by atoms with van der Waals surface area (Å²) >= 11 is 0. The topological polar surface area (TPSA) is 41.1 Å². The van der Waals surface area contributed by atoms with Crippen LogP contribution in [0.2, 0.25) is 0 Å². The third-order valence-corrected chi connectivity index (χ3v) is 3.41. The molecule has 0 bridgehead atoms. The first-order valence-electron chi connectivity index (χ1n) is 6.13. The van der Waals surface area contributed by atoms with Crippen molar-refractivity contribution in [3.05, 3.63) is 35.9 Å². The Morgan fingerprint density at radius 2 is 1.94 bits per heavy atom. The lowest BCUT2D eigenvalue weighted by atomic mass is 9.84. The normalized spacial score (nSPS) is 15.4. The minimum Gasteiger partial charge on any atom is -0.355 e. The molecule has 1 amide bonds. The summed E-state index contributed by atoms with van der Waals surface area (Å²) in [6.07, 6.45) is 0. The van der Waals surface area contributed by atoms with Gasteiger partial charge in [-0.25, -0.2) is 0 Å². The van der Waals surface area contributed by atoms with E-state index in [4.69, 9.17) is 0 Å². The van der Waals surface area contributed by atoms with Crippen LogP contribution in [0.25, 0.3) is 0 Å². The van der Waals surface area contributed by atoms with E-state index in [1.807, 2.05) is 18.2 Å². The van der Waals surface area contributed by atoms with Gasteiger partial charge in [-0.05, 0) is 5.56 Å². The second-order valence-electron chi connectivity index (χ2n) is 5.32. The Labute approximate surface area is 115 Å². The Morgan fingerprint density at radius 3 is 2.44 bits per heavy atom. The molecule has 1 aliphatic rings. The standard InChI is InChI=1S/C14H20N2O.ClH/c1-14(2,12-6-4-3-5-7-12)10-16-13(17)11-8-15-9-11;/h3-7,11,15H,8-10H2,1-2H3,(H,16,17);1H. The second-order valence-corrected chi connectivity index (χ2v) is 5.32. The van der Waals surface area contributed by atoms with Gasteiger partial charge in [0.25, 0.3) is 0 Å². The molecule has 0 spiro atoms. The minimum atomic E-state index is -0.0197. The summed E-state index contributed by atoms with van der Waals surface area (Å²) in [5.74, 6) is 0.342. The van der Waals surface area contributed by atoms with Gasteiger partial charge in [0, 0.05) is 25.0 Å². The van der Waals surface area contributed by atoms with E-state index in [1.165, 1.54) is 5.56 Å². The quantitative estimate of drug-likeness (QED) is 0.873. The van der Waals surface area contributed by atoms with Gasteiger partial charge in [0.1, 0.15) is 0 Å². The van der Waals surface area contributed by atoms with Gasteiger partial charge < -0.3 is 10.6 Å². The van der Waals surface area contributed by atoms with Gasteiger partial charge in [-0.1, -0.05) is 44.2 Å². The van der Waals surface area contributed by atoms with Gasteiger partial charge in [0.05, 0.1) is 5.92 Å². The van der Waals surface area contributed by atoms with Crippen LogP contribution in [-0.4, -0.2) is 25.5 Å². The van der Waals surface area contributed by atoms with Crippen molar-refractivity contribution in [3.8, 4) is 0 Å². The zero-order valence-corrected chi connectivity index (χ0v) is 11.7. The predicted octanol–water partition coefficient (Wildman–Crippen LogP) is 1.72. The van der Waals surface area contributed by atoms with Crippen molar-refractivity contribution >= 4 is 18.3 Å². The number of halogens is 1. The smallest absolute Gasteiger partial charge is 0.225 e. The summed E-state index contributed by atoms with van der Waals surface area (Å²) in [6, 6.07) is 10.3. The summed E-state index contributed by atoms with van der Waals surface area (Å²) in [6.45, 7) is 6.63. The first-order chi connectivity index (χ1) is 8.09. The number of carbonyl (C=O) groups excluding carboxylic acids is 1. The first-order valence-corrected chi connectivity index (χ1v) is 6.13. The van der Waals surface area contributed by atoms with E-state index in [-0.39, 0.29) is 29.6 Å². The fraction of sp³-hybridized carbons (Fsp3) is 0.500. The number of benzene rings is 1. The Bertz CT molecular complexity index is 388. The molecule has 100 valence electrons. The molecule has 0 unspecified atom stereocenters. The maximum Gasteiger partial charge on any atom is 0.225 e. The van der Waals surface area contributed by atoms with Gasteiger partial charge >= 0.3 is 0 Å².